The van der Waals surface area contributed by atoms with Crippen LogP contribution < -0.4 is 4.74 Å². The number of nitrogens with zero attached hydrogens (tertiary/aromatic N) is 1. The van der Waals surface area contributed by atoms with Gasteiger partial charge >= 0.3 is 12.4 Å². The molecule has 0 saturated heterocycles. The Bertz CT molecular complexity index is 493. The molecule has 0 N–H and O–H groups in total. The predicted molar refractivity (Wildman–Crippen MR) is 53.4 cm³/mol. The summed E-state index contributed by atoms with van der Waals surface area (Å²) in [5.74, 6) is -0.515. The Morgan fingerprint density at radius 2 is 1.68 bits per heavy atom. The second-order valence-corrected chi connectivity index (χ2v) is 4.30. The quantitative estimate of drug-likeness (QED) is 0.676. The zero-order chi connectivity index (χ0) is 14.4. The summed E-state index contributed by atoms with van der Waals surface area (Å²) >= 11 is 0. The maximum atomic E-state index is 12.8. The van der Waals surface area contributed by atoms with Gasteiger partial charge in [0, 0.05) is 12.1 Å². The Morgan fingerprint density at radius 1 is 1.05 bits per heavy atom. The van der Waals surface area contributed by atoms with Gasteiger partial charge in [0.1, 0.15) is 12.5 Å². The normalized spacial score (nSPS) is 17.0. The van der Waals surface area contributed by atoms with Crippen LogP contribution in [0.2, 0.25) is 0 Å². The maximum Gasteiger partial charge on any atom is 0.419 e. The standard InChI is InChI=1S/C11H9F6NO/c1-18-4-6-2-7(10(12,13)14)3-8(11(15,16)17)9(6)19-5-18/h2-3H,4-5H2,1H3. The van der Waals surface area contributed by atoms with Crippen molar-refractivity contribution in [2.24, 2.45) is 0 Å². The Balaban J connectivity index is 2.62. The predicted octanol–water partition coefficient (Wildman–Crippen LogP) is 3.51. The molecule has 19 heavy (non-hydrogen) atoms. The lowest BCUT2D eigenvalue weighted by atomic mass is 10.0. The molecule has 8 heteroatoms. The van der Waals surface area contributed by atoms with Crippen LogP contribution in [0.1, 0.15) is 16.7 Å². The first kappa shape index (κ1) is 14.0. The lowest BCUT2D eigenvalue weighted by molar-refractivity contribution is -0.144. The Kier molecular flexibility index (Phi) is 3.16. The van der Waals surface area contributed by atoms with Crippen molar-refractivity contribution < 1.29 is 31.1 Å². The monoisotopic (exact) mass is 285 g/mol. The molecule has 1 heterocycles. The first-order valence-corrected chi connectivity index (χ1v) is 5.21. The minimum absolute atomic E-state index is 0.0255. The molecule has 106 valence electrons. The van der Waals surface area contributed by atoms with Crippen molar-refractivity contribution in [3.05, 3.63) is 28.8 Å². The molecular formula is C11H9F6NO. The van der Waals surface area contributed by atoms with Gasteiger partial charge < -0.3 is 4.74 Å². The molecular weight excluding hydrogens is 276 g/mol. The number of hydrogen-bond donors (Lipinski definition) is 0. The fourth-order valence-electron chi connectivity index (χ4n) is 1.86. The van der Waals surface area contributed by atoms with Crippen molar-refractivity contribution in [1.82, 2.24) is 4.90 Å². The summed E-state index contributed by atoms with van der Waals surface area (Å²) in [5.41, 5.74) is -2.82. The molecule has 0 bridgehead atoms. The third-order valence-electron chi connectivity index (χ3n) is 2.67. The Hall–Kier alpha value is -1.44. The molecule has 1 aliphatic heterocycles. The van der Waals surface area contributed by atoms with E-state index in [0.29, 0.717) is 6.07 Å². The highest BCUT2D eigenvalue weighted by Crippen LogP contribution is 2.43. The first-order valence-electron chi connectivity index (χ1n) is 5.21. The molecule has 1 aliphatic rings. The van der Waals surface area contributed by atoms with E-state index in [-0.39, 0.29) is 24.9 Å². The minimum atomic E-state index is -4.89. The molecule has 0 unspecified atom stereocenters. The van der Waals surface area contributed by atoms with E-state index in [1.54, 1.807) is 0 Å². The maximum absolute atomic E-state index is 12.8. The molecule has 2 nitrogen and oxygen atoms in total. The van der Waals surface area contributed by atoms with Crippen LogP contribution in [0.25, 0.3) is 0 Å². The number of fused-ring (bicyclic) bond motifs is 1. The highest BCUT2D eigenvalue weighted by atomic mass is 19.4. The van der Waals surface area contributed by atoms with Gasteiger partial charge in [0.25, 0.3) is 0 Å². The molecule has 0 aromatic heterocycles. The minimum Gasteiger partial charge on any atom is -0.477 e. The number of halogens is 6. The summed E-state index contributed by atoms with van der Waals surface area (Å²) in [5, 5.41) is 0. The highest BCUT2D eigenvalue weighted by molar-refractivity contribution is 5.47. The second-order valence-electron chi connectivity index (χ2n) is 4.30. The van der Waals surface area contributed by atoms with Crippen molar-refractivity contribution in [1.29, 1.82) is 0 Å². The summed E-state index contributed by atoms with van der Waals surface area (Å²) < 4.78 is 81.0. The molecule has 1 aromatic carbocycles. The van der Waals surface area contributed by atoms with Crippen molar-refractivity contribution in [2.45, 2.75) is 18.9 Å². The topological polar surface area (TPSA) is 12.5 Å². The average molecular weight is 285 g/mol. The summed E-state index contributed by atoms with van der Waals surface area (Å²) in [6.07, 6.45) is -9.72. The number of hydrogen-bond acceptors (Lipinski definition) is 2. The van der Waals surface area contributed by atoms with Crippen LogP contribution in [0.15, 0.2) is 12.1 Å². The highest BCUT2D eigenvalue weighted by Gasteiger charge is 2.41. The summed E-state index contributed by atoms with van der Waals surface area (Å²) in [4.78, 5) is 1.47. The van der Waals surface area contributed by atoms with Crippen LogP contribution in [-0.4, -0.2) is 18.7 Å². The molecule has 1 aromatic rings. The van der Waals surface area contributed by atoms with Gasteiger partial charge in [-0.25, -0.2) is 0 Å². The number of rotatable bonds is 0. The van der Waals surface area contributed by atoms with Gasteiger partial charge in [-0.3, -0.25) is 4.90 Å². The van der Waals surface area contributed by atoms with Crippen LogP contribution in [0.3, 0.4) is 0 Å². The van der Waals surface area contributed by atoms with E-state index in [1.165, 1.54) is 11.9 Å². The van der Waals surface area contributed by atoms with E-state index >= 15 is 0 Å². The average Bonchev–Trinajstić information content (AvgIpc) is 2.24. The number of benzene rings is 1. The van der Waals surface area contributed by atoms with Crippen molar-refractivity contribution >= 4 is 0 Å². The molecule has 0 atom stereocenters. The van der Waals surface area contributed by atoms with Gasteiger partial charge in [-0.15, -0.1) is 0 Å². The van der Waals surface area contributed by atoms with Crippen LogP contribution in [-0.2, 0) is 18.9 Å². The Morgan fingerprint density at radius 3 is 2.21 bits per heavy atom. The fraction of sp³-hybridized carbons (Fsp3) is 0.455. The summed E-state index contributed by atoms with van der Waals surface area (Å²) in [6.45, 7) is -0.121. The van der Waals surface area contributed by atoms with Crippen LogP contribution in [0, 0.1) is 0 Å². The van der Waals surface area contributed by atoms with Crippen LogP contribution in [0.5, 0.6) is 5.75 Å². The first-order chi connectivity index (χ1) is 8.59. The summed E-state index contributed by atoms with van der Waals surface area (Å²) in [7, 11) is 1.54. The van der Waals surface area contributed by atoms with Crippen molar-refractivity contribution in [3.63, 3.8) is 0 Å². The van der Waals surface area contributed by atoms with E-state index in [4.69, 9.17) is 4.74 Å². The van der Waals surface area contributed by atoms with Gasteiger partial charge in [0.2, 0.25) is 0 Å². The molecule has 0 radical (unpaired) electrons. The fourth-order valence-corrected chi connectivity index (χ4v) is 1.86. The third kappa shape index (κ3) is 2.78. The van der Waals surface area contributed by atoms with Gasteiger partial charge in [-0.1, -0.05) is 0 Å². The van der Waals surface area contributed by atoms with Gasteiger partial charge in [0.05, 0.1) is 11.1 Å². The van der Waals surface area contributed by atoms with E-state index < -0.39 is 29.2 Å². The lowest BCUT2D eigenvalue weighted by Crippen LogP contribution is -2.30. The number of ether oxygens (including phenoxy) is 1. The molecule has 0 aliphatic carbocycles. The third-order valence-corrected chi connectivity index (χ3v) is 2.67. The lowest BCUT2D eigenvalue weighted by Gasteiger charge is -2.28. The largest absolute Gasteiger partial charge is 0.477 e. The second kappa shape index (κ2) is 4.29. The molecule has 2 rings (SSSR count). The smallest absolute Gasteiger partial charge is 0.419 e. The molecule has 0 amide bonds. The zero-order valence-corrected chi connectivity index (χ0v) is 9.69. The van der Waals surface area contributed by atoms with Crippen molar-refractivity contribution in [2.75, 3.05) is 13.8 Å². The van der Waals surface area contributed by atoms with Crippen LogP contribution in [0.4, 0.5) is 26.3 Å². The Labute approximate surface area is 104 Å². The van der Waals surface area contributed by atoms with E-state index in [0.717, 1.165) is 0 Å². The molecule has 0 spiro atoms. The van der Waals surface area contributed by atoms with E-state index in [9.17, 15) is 26.3 Å². The van der Waals surface area contributed by atoms with Gasteiger partial charge in [-0.2, -0.15) is 26.3 Å². The molecule has 0 fully saturated rings. The van der Waals surface area contributed by atoms with Crippen LogP contribution >= 0.6 is 0 Å². The zero-order valence-electron chi connectivity index (χ0n) is 9.69. The SMILES string of the molecule is CN1COc2c(cc(C(F)(F)F)cc2C(F)(F)F)C1. The van der Waals surface area contributed by atoms with E-state index in [2.05, 4.69) is 0 Å². The molecule has 0 saturated carbocycles. The number of alkyl halides is 6. The van der Waals surface area contributed by atoms with Gasteiger partial charge in [0.15, 0.2) is 0 Å². The van der Waals surface area contributed by atoms with Gasteiger partial charge in [-0.05, 0) is 19.2 Å². The van der Waals surface area contributed by atoms with Crippen molar-refractivity contribution in [3.8, 4) is 5.75 Å². The van der Waals surface area contributed by atoms with E-state index in [1.807, 2.05) is 0 Å². The summed E-state index contributed by atoms with van der Waals surface area (Å²) in [6, 6.07) is 0.782.